The number of halogens is 1. The number of carbonyl (C=O) groups is 1. The summed E-state index contributed by atoms with van der Waals surface area (Å²) >= 11 is 0. The molecule has 1 aliphatic rings. The Bertz CT molecular complexity index is 1590. The molecular weight excluding hydrogens is 465 g/mol. The summed E-state index contributed by atoms with van der Waals surface area (Å²) in [6, 6.07) is 27.3. The summed E-state index contributed by atoms with van der Waals surface area (Å²) in [6.07, 6.45) is 1.99. The van der Waals surface area contributed by atoms with Gasteiger partial charge in [-0.25, -0.2) is 13.9 Å². The van der Waals surface area contributed by atoms with Gasteiger partial charge in [0.25, 0.3) is 0 Å². The predicted molar refractivity (Wildman–Crippen MR) is 142 cm³/mol. The number of aryl methyl sites for hydroxylation is 2. The van der Waals surface area contributed by atoms with Gasteiger partial charge in [-0.3, -0.25) is 0 Å². The van der Waals surface area contributed by atoms with Crippen LogP contribution in [0.15, 0.2) is 97.2 Å². The molecule has 1 aliphatic heterocycles. The Kier molecular flexibility index (Phi) is 5.60. The molecule has 1 N–H and O–H groups in total. The maximum atomic E-state index is 14.0. The highest BCUT2D eigenvalue weighted by atomic mass is 19.1. The number of hydrogen-bond donors (Lipinski definition) is 1. The summed E-state index contributed by atoms with van der Waals surface area (Å²) in [6.45, 7) is 4.26. The molecule has 2 amide bonds. The van der Waals surface area contributed by atoms with E-state index in [-0.39, 0.29) is 11.8 Å². The molecule has 184 valence electrons. The summed E-state index contributed by atoms with van der Waals surface area (Å²) in [7, 11) is 0. The molecule has 5 aromatic rings. The molecule has 0 spiro atoms. The lowest BCUT2D eigenvalue weighted by atomic mass is 10.0. The highest BCUT2D eigenvalue weighted by Gasteiger charge is 2.36. The average Bonchev–Trinajstić information content (AvgIpc) is 3.47. The van der Waals surface area contributed by atoms with Crippen LogP contribution < -0.4 is 5.32 Å². The molecule has 0 saturated carbocycles. The van der Waals surface area contributed by atoms with Crippen molar-refractivity contribution in [1.82, 2.24) is 19.2 Å². The Balaban J connectivity index is 1.54. The Morgan fingerprint density at radius 1 is 0.919 bits per heavy atom. The van der Waals surface area contributed by atoms with Gasteiger partial charge in [0.05, 0.1) is 29.7 Å². The van der Waals surface area contributed by atoms with Crippen LogP contribution in [0.25, 0.3) is 11.5 Å². The second-order valence-electron chi connectivity index (χ2n) is 9.27. The van der Waals surface area contributed by atoms with Gasteiger partial charge in [0.15, 0.2) is 0 Å². The second kappa shape index (κ2) is 9.09. The fraction of sp³-hybridized carbons (Fsp3) is 0.133. The number of carbonyl (C=O) groups excluding carboxylic acids is 1. The van der Waals surface area contributed by atoms with Gasteiger partial charge in [-0.2, -0.15) is 5.10 Å². The van der Waals surface area contributed by atoms with Gasteiger partial charge in [0.1, 0.15) is 11.6 Å². The maximum Gasteiger partial charge on any atom is 0.322 e. The summed E-state index contributed by atoms with van der Waals surface area (Å²) in [4.78, 5) is 15.8. The van der Waals surface area contributed by atoms with Crippen LogP contribution in [0.4, 0.5) is 14.9 Å². The lowest BCUT2D eigenvalue weighted by Gasteiger charge is -2.31. The first-order valence-electron chi connectivity index (χ1n) is 12.2. The smallest absolute Gasteiger partial charge is 0.308 e. The lowest BCUT2D eigenvalue weighted by Crippen LogP contribution is -2.38. The third-order valence-corrected chi connectivity index (χ3v) is 6.92. The van der Waals surface area contributed by atoms with Crippen LogP contribution in [-0.2, 0) is 6.54 Å². The number of nitrogens with one attached hydrogen (secondary N) is 1. The van der Waals surface area contributed by atoms with Crippen molar-refractivity contribution in [2.24, 2.45) is 0 Å². The summed E-state index contributed by atoms with van der Waals surface area (Å²) in [5.41, 5.74) is 6.16. The third-order valence-electron chi connectivity index (χ3n) is 6.92. The molecule has 2 aromatic heterocycles. The Labute approximate surface area is 214 Å². The average molecular weight is 492 g/mol. The van der Waals surface area contributed by atoms with Crippen molar-refractivity contribution in [1.29, 1.82) is 0 Å². The maximum absolute atomic E-state index is 14.0. The van der Waals surface area contributed by atoms with E-state index in [4.69, 9.17) is 5.10 Å². The molecule has 0 saturated heterocycles. The monoisotopic (exact) mass is 491 g/mol. The van der Waals surface area contributed by atoms with Crippen LogP contribution in [-0.4, -0.2) is 25.3 Å². The Morgan fingerprint density at radius 3 is 2.41 bits per heavy atom. The van der Waals surface area contributed by atoms with Crippen molar-refractivity contribution in [3.63, 3.8) is 0 Å². The van der Waals surface area contributed by atoms with Crippen LogP contribution in [0.2, 0.25) is 0 Å². The van der Waals surface area contributed by atoms with Crippen molar-refractivity contribution in [3.8, 4) is 11.5 Å². The minimum absolute atomic E-state index is 0.240. The zero-order chi connectivity index (χ0) is 25.5. The zero-order valence-corrected chi connectivity index (χ0v) is 20.6. The molecule has 3 heterocycles. The molecule has 1 atom stereocenters. The van der Waals surface area contributed by atoms with Crippen LogP contribution >= 0.6 is 0 Å². The van der Waals surface area contributed by atoms with E-state index in [1.165, 1.54) is 12.1 Å². The normalized spacial score (nSPS) is 14.6. The number of para-hydroxylation sites is 2. The van der Waals surface area contributed by atoms with E-state index in [0.29, 0.717) is 6.54 Å². The number of nitrogens with zero attached hydrogens (tertiary/aromatic N) is 4. The minimum atomic E-state index is -0.448. The van der Waals surface area contributed by atoms with Crippen molar-refractivity contribution in [2.75, 3.05) is 5.32 Å². The van der Waals surface area contributed by atoms with Crippen molar-refractivity contribution >= 4 is 11.7 Å². The van der Waals surface area contributed by atoms with E-state index < -0.39 is 6.04 Å². The predicted octanol–water partition coefficient (Wildman–Crippen LogP) is 6.56. The van der Waals surface area contributed by atoms with E-state index in [0.717, 1.165) is 45.3 Å². The molecule has 0 fully saturated rings. The number of fused-ring (bicyclic) bond motifs is 3. The number of anilines is 1. The van der Waals surface area contributed by atoms with Gasteiger partial charge in [-0.05, 0) is 67.4 Å². The summed E-state index contributed by atoms with van der Waals surface area (Å²) in [5.74, 6) is 0.574. The number of amides is 2. The van der Waals surface area contributed by atoms with Crippen molar-refractivity contribution in [3.05, 3.63) is 131 Å². The van der Waals surface area contributed by atoms with Gasteiger partial charge in [0.2, 0.25) is 0 Å². The molecule has 1 unspecified atom stereocenters. The number of hydrogen-bond acceptors (Lipinski definition) is 2. The Hall–Kier alpha value is -4.65. The van der Waals surface area contributed by atoms with Crippen LogP contribution in [0.5, 0.6) is 0 Å². The molecule has 0 aliphatic carbocycles. The molecule has 0 radical (unpaired) electrons. The van der Waals surface area contributed by atoms with Gasteiger partial charge in [-0.15, -0.1) is 0 Å². The van der Waals surface area contributed by atoms with Crippen LogP contribution in [0, 0.1) is 19.7 Å². The van der Waals surface area contributed by atoms with Crippen LogP contribution in [0.3, 0.4) is 0 Å². The van der Waals surface area contributed by atoms with E-state index >= 15 is 0 Å². The van der Waals surface area contributed by atoms with Gasteiger partial charge < -0.3 is 14.8 Å². The minimum Gasteiger partial charge on any atom is -0.308 e. The van der Waals surface area contributed by atoms with Crippen molar-refractivity contribution < 1.29 is 9.18 Å². The molecule has 37 heavy (non-hydrogen) atoms. The number of aromatic nitrogens is 3. The molecule has 6 rings (SSSR count). The SMILES string of the molecule is Cc1ccccc1NC(=O)N1Cc2c(C)nn(-c3ccccc3)c2-n2cccc2C1c1ccc(F)cc1. The van der Waals surface area contributed by atoms with E-state index in [1.807, 2.05) is 91.5 Å². The number of benzene rings is 3. The molecule has 0 bridgehead atoms. The zero-order valence-electron chi connectivity index (χ0n) is 20.6. The summed E-state index contributed by atoms with van der Waals surface area (Å²) < 4.78 is 17.9. The fourth-order valence-corrected chi connectivity index (χ4v) is 5.05. The Morgan fingerprint density at radius 2 is 1.65 bits per heavy atom. The molecular formula is C30H26FN5O. The van der Waals surface area contributed by atoms with E-state index in [9.17, 15) is 9.18 Å². The van der Waals surface area contributed by atoms with Gasteiger partial charge in [0, 0.05) is 17.4 Å². The first-order chi connectivity index (χ1) is 18.0. The fourth-order valence-electron chi connectivity index (χ4n) is 5.05. The highest BCUT2D eigenvalue weighted by Crippen LogP contribution is 2.38. The van der Waals surface area contributed by atoms with Gasteiger partial charge >= 0.3 is 6.03 Å². The lowest BCUT2D eigenvalue weighted by molar-refractivity contribution is 0.194. The topological polar surface area (TPSA) is 55.1 Å². The quantitative estimate of drug-likeness (QED) is 0.311. The highest BCUT2D eigenvalue weighted by molar-refractivity contribution is 5.91. The van der Waals surface area contributed by atoms with E-state index in [2.05, 4.69) is 9.88 Å². The van der Waals surface area contributed by atoms with Gasteiger partial charge in [-0.1, -0.05) is 48.5 Å². The number of rotatable bonds is 3. The largest absolute Gasteiger partial charge is 0.322 e. The van der Waals surface area contributed by atoms with E-state index in [1.54, 1.807) is 17.0 Å². The first-order valence-corrected chi connectivity index (χ1v) is 12.2. The second-order valence-corrected chi connectivity index (χ2v) is 9.27. The number of urea groups is 1. The molecule has 6 nitrogen and oxygen atoms in total. The summed E-state index contributed by atoms with van der Waals surface area (Å²) in [5, 5.41) is 7.98. The standard InChI is InChI=1S/C30H26FN5O/c1-20-9-6-7-12-26(20)32-30(37)35-19-25-21(2)33-36(24-10-4-3-5-11-24)29(25)34-18-8-13-27(34)28(35)22-14-16-23(31)17-15-22/h3-18,28H,19H2,1-2H3,(H,32,37). The molecule has 3 aromatic carbocycles. The third kappa shape index (κ3) is 3.98. The van der Waals surface area contributed by atoms with Crippen molar-refractivity contribution in [2.45, 2.75) is 26.4 Å². The van der Waals surface area contributed by atoms with Crippen LogP contribution in [0.1, 0.15) is 34.1 Å². The first kappa shape index (κ1) is 22.8. The molecule has 7 heteroatoms.